The predicted octanol–water partition coefficient (Wildman–Crippen LogP) is 3.48. The lowest BCUT2D eigenvalue weighted by Crippen LogP contribution is -2.36. The highest BCUT2D eigenvalue weighted by atomic mass is 32.1. The first kappa shape index (κ1) is 17.7. The predicted molar refractivity (Wildman–Crippen MR) is 95.5 cm³/mol. The molecule has 0 aliphatic rings. The van der Waals surface area contributed by atoms with Crippen LogP contribution in [0.2, 0.25) is 0 Å². The summed E-state index contributed by atoms with van der Waals surface area (Å²) in [5.74, 6) is -0.0663. The lowest BCUT2D eigenvalue weighted by molar-refractivity contribution is -0.114. The average Bonchev–Trinajstić information content (AvgIpc) is 3.03. The first-order valence-corrected chi connectivity index (χ1v) is 8.74. The molecule has 0 spiro atoms. The molecule has 0 saturated carbocycles. The fourth-order valence-corrected chi connectivity index (χ4v) is 3.28. The molecule has 1 aromatic carbocycles. The van der Waals surface area contributed by atoms with Gasteiger partial charge in [0.25, 0.3) is 0 Å². The highest BCUT2D eigenvalue weighted by Gasteiger charge is 2.17. The molecule has 1 heterocycles. The molecule has 0 aliphatic carbocycles. The number of aliphatic hydroxyl groups is 1. The molecule has 1 atom stereocenters. The number of carbonyl (C=O) groups excluding carboxylic acids is 1. The number of aliphatic hydroxyl groups excluding tert-OH is 1. The molecule has 1 unspecified atom stereocenters. The number of rotatable bonds is 8. The number of thiophene rings is 1. The van der Waals surface area contributed by atoms with Crippen LogP contribution in [0.3, 0.4) is 0 Å². The van der Waals surface area contributed by atoms with E-state index in [4.69, 9.17) is 0 Å². The summed E-state index contributed by atoms with van der Waals surface area (Å²) in [4.78, 5) is 14.7. The van der Waals surface area contributed by atoms with Crippen molar-refractivity contribution in [3.8, 4) is 0 Å². The first-order chi connectivity index (χ1) is 11.1. The fraction of sp³-hybridized carbons (Fsp3) is 0.389. The molecule has 0 saturated heterocycles. The topological polar surface area (TPSA) is 52.6 Å². The number of amides is 1. The molecule has 0 aliphatic heterocycles. The van der Waals surface area contributed by atoms with Gasteiger partial charge < -0.3 is 10.4 Å². The van der Waals surface area contributed by atoms with Gasteiger partial charge in [-0.1, -0.05) is 25.1 Å². The first-order valence-electron chi connectivity index (χ1n) is 7.86. The van der Waals surface area contributed by atoms with Crippen molar-refractivity contribution in [3.63, 3.8) is 0 Å². The van der Waals surface area contributed by atoms with Crippen molar-refractivity contribution in [2.24, 2.45) is 0 Å². The van der Waals surface area contributed by atoms with Crippen LogP contribution in [0.25, 0.3) is 0 Å². The van der Waals surface area contributed by atoms with Crippen LogP contribution < -0.4 is 5.32 Å². The van der Waals surface area contributed by atoms with Crippen LogP contribution in [0.1, 0.15) is 30.7 Å². The second kappa shape index (κ2) is 8.82. The Bertz CT molecular complexity index is 592. The Balaban J connectivity index is 2.08. The van der Waals surface area contributed by atoms with Gasteiger partial charge >= 0.3 is 0 Å². The molecule has 4 nitrogen and oxygen atoms in total. The third-order valence-corrected chi connectivity index (χ3v) is 4.66. The molecule has 2 rings (SSSR count). The molecule has 5 heteroatoms. The second-order valence-corrected chi connectivity index (χ2v) is 6.64. The van der Waals surface area contributed by atoms with Crippen LogP contribution in [0.4, 0.5) is 5.69 Å². The van der Waals surface area contributed by atoms with E-state index in [9.17, 15) is 9.90 Å². The van der Waals surface area contributed by atoms with Crippen molar-refractivity contribution in [3.05, 3.63) is 52.2 Å². The standard InChI is InChI=1S/C18H24N2O2S/c1-3-17(13-21)20(12-18-5-4-10-23-18)11-15-6-8-16(9-7-15)19-14(2)22/h4-10,17,21H,3,11-13H2,1-2H3,(H,19,22). The summed E-state index contributed by atoms with van der Waals surface area (Å²) in [6, 6.07) is 12.2. The number of benzene rings is 1. The molecular weight excluding hydrogens is 308 g/mol. The molecule has 1 aromatic heterocycles. The number of carbonyl (C=O) groups is 1. The molecule has 23 heavy (non-hydrogen) atoms. The molecule has 2 N–H and O–H groups in total. The minimum Gasteiger partial charge on any atom is -0.395 e. The quantitative estimate of drug-likeness (QED) is 0.778. The Labute approximate surface area is 141 Å². The van der Waals surface area contributed by atoms with E-state index in [2.05, 4.69) is 34.7 Å². The molecule has 1 amide bonds. The Morgan fingerprint density at radius 1 is 1.26 bits per heavy atom. The number of hydrogen-bond donors (Lipinski definition) is 2. The highest BCUT2D eigenvalue weighted by molar-refractivity contribution is 7.09. The van der Waals surface area contributed by atoms with Gasteiger partial charge in [-0.15, -0.1) is 11.3 Å². The molecule has 124 valence electrons. The zero-order valence-electron chi connectivity index (χ0n) is 13.7. The Morgan fingerprint density at radius 3 is 2.52 bits per heavy atom. The van der Waals surface area contributed by atoms with Crippen LogP contribution in [0, 0.1) is 0 Å². The van der Waals surface area contributed by atoms with Gasteiger partial charge in [-0.2, -0.15) is 0 Å². The minimum atomic E-state index is -0.0663. The van der Waals surface area contributed by atoms with E-state index >= 15 is 0 Å². The number of nitrogens with one attached hydrogen (secondary N) is 1. The maximum Gasteiger partial charge on any atom is 0.221 e. The van der Waals surface area contributed by atoms with Crippen molar-refractivity contribution in [1.82, 2.24) is 4.90 Å². The van der Waals surface area contributed by atoms with Crippen LogP contribution in [0.5, 0.6) is 0 Å². The Kier molecular flexibility index (Phi) is 6.77. The van der Waals surface area contributed by atoms with Gasteiger partial charge in [-0.25, -0.2) is 0 Å². The maximum absolute atomic E-state index is 11.1. The highest BCUT2D eigenvalue weighted by Crippen LogP contribution is 2.19. The van der Waals surface area contributed by atoms with E-state index in [1.54, 1.807) is 11.3 Å². The van der Waals surface area contributed by atoms with Gasteiger partial charge in [0.15, 0.2) is 0 Å². The molecule has 0 radical (unpaired) electrons. The summed E-state index contributed by atoms with van der Waals surface area (Å²) >= 11 is 1.74. The number of anilines is 1. The number of hydrogen-bond acceptors (Lipinski definition) is 4. The average molecular weight is 332 g/mol. The van der Waals surface area contributed by atoms with Crippen molar-refractivity contribution < 1.29 is 9.90 Å². The normalized spacial score (nSPS) is 12.3. The molecule has 0 fully saturated rings. The van der Waals surface area contributed by atoms with E-state index in [-0.39, 0.29) is 18.6 Å². The summed E-state index contributed by atoms with van der Waals surface area (Å²) in [6.07, 6.45) is 0.909. The molecule has 2 aromatic rings. The van der Waals surface area contributed by atoms with Crippen LogP contribution in [-0.4, -0.2) is 28.6 Å². The fourth-order valence-electron chi connectivity index (χ4n) is 2.55. The minimum absolute atomic E-state index is 0.0663. The van der Waals surface area contributed by atoms with Gasteiger partial charge in [0.2, 0.25) is 5.91 Å². The van der Waals surface area contributed by atoms with Gasteiger partial charge in [-0.05, 0) is 35.6 Å². The zero-order chi connectivity index (χ0) is 16.7. The van der Waals surface area contributed by atoms with E-state index in [1.165, 1.54) is 17.4 Å². The summed E-state index contributed by atoms with van der Waals surface area (Å²) < 4.78 is 0. The van der Waals surface area contributed by atoms with Crippen molar-refractivity contribution in [2.75, 3.05) is 11.9 Å². The molecule has 0 bridgehead atoms. The summed E-state index contributed by atoms with van der Waals surface area (Å²) in [6.45, 7) is 5.37. The van der Waals surface area contributed by atoms with Crippen molar-refractivity contribution in [2.45, 2.75) is 39.4 Å². The van der Waals surface area contributed by atoms with Gasteiger partial charge in [0, 0.05) is 36.6 Å². The van der Waals surface area contributed by atoms with Crippen LogP contribution >= 0.6 is 11.3 Å². The monoisotopic (exact) mass is 332 g/mol. The van der Waals surface area contributed by atoms with E-state index in [0.29, 0.717) is 0 Å². The van der Waals surface area contributed by atoms with Gasteiger partial charge in [0.1, 0.15) is 0 Å². The van der Waals surface area contributed by atoms with Crippen molar-refractivity contribution in [1.29, 1.82) is 0 Å². The lowest BCUT2D eigenvalue weighted by Gasteiger charge is -2.29. The zero-order valence-corrected chi connectivity index (χ0v) is 14.5. The van der Waals surface area contributed by atoms with Crippen LogP contribution in [-0.2, 0) is 17.9 Å². The van der Waals surface area contributed by atoms with Gasteiger partial charge in [0.05, 0.1) is 6.61 Å². The second-order valence-electron chi connectivity index (χ2n) is 5.61. The lowest BCUT2D eigenvalue weighted by atomic mass is 10.1. The summed E-state index contributed by atoms with van der Waals surface area (Å²) in [5.41, 5.74) is 1.97. The van der Waals surface area contributed by atoms with E-state index in [0.717, 1.165) is 25.2 Å². The third-order valence-electron chi connectivity index (χ3n) is 3.80. The maximum atomic E-state index is 11.1. The smallest absolute Gasteiger partial charge is 0.221 e. The number of nitrogens with zero attached hydrogens (tertiary/aromatic N) is 1. The van der Waals surface area contributed by atoms with Crippen molar-refractivity contribution >= 4 is 22.9 Å². The SMILES string of the molecule is CCC(CO)N(Cc1ccc(NC(C)=O)cc1)Cc1cccs1. The third kappa shape index (κ3) is 5.46. The van der Waals surface area contributed by atoms with E-state index < -0.39 is 0 Å². The Hall–Kier alpha value is -1.69. The largest absolute Gasteiger partial charge is 0.395 e. The Morgan fingerprint density at radius 2 is 2.00 bits per heavy atom. The van der Waals surface area contributed by atoms with E-state index in [1.807, 2.05) is 24.3 Å². The van der Waals surface area contributed by atoms with Gasteiger partial charge in [-0.3, -0.25) is 9.69 Å². The summed E-state index contributed by atoms with van der Waals surface area (Å²) in [7, 11) is 0. The van der Waals surface area contributed by atoms with Crippen LogP contribution in [0.15, 0.2) is 41.8 Å². The molecular formula is C18H24N2O2S. The summed E-state index contributed by atoms with van der Waals surface area (Å²) in [5, 5.41) is 14.5.